The highest BCUT2D eigenvalue weighted by atomic mass is 79.9. The lowest BCUT2D eigenvalue weighted by Gasteiger charge is -2.31. The van der Waals surface area contributed by atoms with Gasteiger partial charge in [-0.1, -0.05) is 61.3 Å². The van der Waals surface area contributed by atoms with Crippen molar-refractivity contribution in [1.29, 1.82) is 0 Å². The first-order chi connectivity index (χ1) is 8.24. The average Bonchev–Trinajstić information content (AvgIpc) is 2.25. The van der Waals surface area contributed by atoms with Gasteiger partial charge in [-0.25, -0.2) is 0 Å². The number of benzene rings is 1. The van der Waals surface area contributed by atoms with E-state index in [1.165, 1.54) is 0 Å². The second kappa shape index (κ2) is 6.40. The lowest BCUT2D eigenvalue weighted by atomic mass is 9.81. The van der Waals surface area contributed by atoms with E-state index in [1.54, 1.807) is 0 Å². The Hall–Kier alpha value is -0.0500. The molecule has 0 saturated heterocycles. The molecule has 0 heterocycles. The maximum atomic E-state index is 6.27. The molecule has 0 spiro atoms. The Morgan fingerprint density at radius 2 is 1.89 bits per heavy atom. The lowest BCUT2D eigenvalue weighted by molar-refractivity contribution is 0.230. The largest absolute Gasteiger partial charge is 0.310 e. The second-order valence-corrected chi connectivity index (χ2v) is 7.23. The van der Waals surface area contributed by atoms with Crippen molar-refractivity contribution < 1.29 is 0 Å². The number of nitrogens with one attached hydrogen (secondary N) is 1. The first-order valence-corrected chi connectivity index (χ1v) is 7.59. The Labute approximate surface area is 124 Å². The van der Waals surface area contributed by atoms with Crippen molar-refractivity contribution >= 4 is 27.5 Å². The minimum Gasteiger partial charge on any atom is -0.310 e. The van der Waals surface area contributed by atoms with Gasteiger partial charge in [-0.3, -0.25) is 0 Å². The zero-order valence-electron chi connectivity index (χ0n) is 11.8. The highest BCUT2D eigenvalue weighted by Gasteiger charge is 2.23. The normalized spacial score (nSPS) is 14.0. The van der Waals surface area contributed by atoms with Crippen LogP contribution in [0.15, 0.2) is 22.7 Å². The molecule has 0 aliphatic heterocycles. The fraction of sp³-hybridized carbons (Fsp3) is 0.600. The Kier molecular flexibility index (Phi) is 5.69. The summed E-state index contributed by atoms with van der Waals surface area (Å²) in [5, 5.41) is 4.39. The molecule has 0 aromatic heterocycles. The molecule has 0 radical (unpaired) electrons. The van der Waals surface area contributed by atoms with Gasteiger partial charge in [-0.2, -0.15) is 0 Å². The van der Waals surface area contributed by atoms with E-state index in [4.69, 9.17) is 11.6 Å². The molecule has 0 saturated carbocycles. The molecule has 1 rings (SSSR count). The zero-order valence-corrected chi connectivity index (χ0v) is 14.2. The molecular formula is C15H23BrClN. The van der Waals surface area contributed by atoms with Crippen LogP contribution in [0, 0.1) is 11.3 Å². The van der Waals surface area contributed by atoms with E-state index in [9.17, 15) is 0 Å². The topological polar surface area (TPSA) is 12.0 Å². The molecule has 1 aromatic rings. The fourth-order valence-corrected chi connectivity index (χ4v) is 2.42. The fourth-order valence-electron chi connectivity index (χ4n) is 1.58. The summed E-state index contributed by atoms with van der Waals surface area (Å²) in [5.41, 5.74) is 1.44. The molecule has 1 unspecified atom stereocenters. The first-order valence-electron chi connectivity index (χ1n) is 6.42. The zero-order chi connectivity index (χ0) is 13.9. The third kappa shape index (κ3) is 4.25. The Morgan fingerprint density at radius 3 is 2.39 bits per heavy atom. The van der Waals surface area contributed by atoms with Gasteiger partial charge in [0, 0.05) is 22.1 Å². The van der Waals surface area contributed by atoms with Crippen molar-refractivity contribution in [2.45, 2.75) is 40.7 Å². The number of hydrogen-bond acceptors (Lipinski definition) is 1. The van der Waals surface area contributed by atoms with Crippen LogP contribution >= 0.6 is 27.5 Å². The molecule has 0 aliphatic carbocycles. The summed E-state index contributed by atoms with van der Waals surface area (Å²) in [6.07, 6.45) is 0. The summed E-state index contributed by atoms with van der Waals surface area (Å²) in [4.78, 5) is 0. The van der Waals surface area contributed by atoms with E-state index >= 15 is 0 Å². The molecule has 0 fully saturated rings. The van der Waals surface area contributed by atoms with Crippen LogP contribution in [0.25, 0.3) is 0 Å². The third-order valence-electron chi connectivity index (χ3n) is 3.86. The lowest BCUT2D eigenvalue weighted by Crippen LogP contribution is -2.34. The van der Waals surface area contributed by atoms with Crippen molar-refractivity contribution in [3.05, 3.63) is 33.3 Å². The first kappa shape index (κ1) is 16.0. The second-order valence-electron chi connectivity index (χ2n) is 5.91. The van der Waals surface area contributed by atoms with E-state index in [1.807, 2.05) is 12.1 Å². The van der Waals surface area contributed by atoms with E-state index in [2.05, 4.69) is 61.9 Å². The summed E-state index contributed by atoms with van der Waals surface area (Å²) < 4.78 is 1.02. The molecule has 0 bridgehead atoms. The quantitative estimate of drug-likeness (QED) is 0.757. The summed E-state index contributed by atoms with van der Waals surface area (Å²) >= 11 is 9.70. The van der Waals surface area contributed by atoms with Gasteiger partial charge in [-0.15, -0.1) is 0 Å². The van der Waals surface area contributed by atoms with Gasteiger partial charge < -0.3 is 5.32 Å². The highest BCUT2D eigenvalue weighted by Crippen LogP contribution is 2.29. The van der Waals surface area contributed by atoms with Crippen LogP contribution in [0.1, 0.15) is 46.2 Å². The molecule has 1 aromatic carbocycles. The summed E-state index contributed by atoms with van der Waals surface area (Å²) in [6, 6.07) is 6.32. The van der Waals surface area contributed by atoms with Gasteiger partial charge in [0.1, 0.15) is 0 Å². The number of hydrogen-bond donors (Lipinski definition) is 1. The van der Waals surface area contributed by atoms with Crippen LogP contribution < -0.4 is 5.32 Å². The van der Waals surface area contributed by atoms with Crippen molar-refractivity contribution in [3.63, 3.8) is 0 Å². The van der Waals surface area contributed by atoms with Crippen LogP contribution in [0.2, 0.25) is 5.02 Å². The molecular weight excluding hydrogens is 310 g/mol. The average molecular weight is 333 g/mol. The van der Waals surface area contributed by atoms with Gasteiger partial charge in [0.05, 0.1) is 0 Å². The smallest absolute Gasteiger partial charge is 0.0464 e. The minimum atomic E-state index is 0.267. The molecule has 1 N–H and O–H groups in total. The van der Waals surface area contributed by atoms with Crippen LogP contribution in [0.5, 0.6) is 0 Å². The van der Waals surface area contributed by atoms with E-state index in [0.29, 0.717) is 5.92 Å². The van der Waals surface area contributed by atoms with Gasteiger partial charge in [-0.05, 0) is 36.0 Å². The van der Waals surface area contributed by atoms with Crippen molar-refractivity contribution in [2.75, 3.05) is 6.54 Å². The molecule has 0 amide bonds. The summed E-state index contributed by atoms with van der Waals surface area (Å²) in [6.45, 7) is 12.3. The third-order valence-corrected chi connectivity index (χ3v) is 4.68. The maximum absolute atomic E-state index is 6.27. The molecule has 18 heavy (non-hydrogen) atoms. The highest BCUT2D eigenvalue weighted by molar-refractivity contribution is 9.10. The minimum absolute atomic E-state index is 0.267. The summed E-state index contributed by atoms with van der Waals surface area (Å²) in [7, 11) is 0. The van der Waals surface area contributed by atoms with Crippen molar-refractivity contribution in [3.8, 4) is 0 Å². The van der Waals surface area contributed by atoms with E-state index in [-0.39, 0.29) is 11.5 Å². The van der Waals surface area contributed by atoms with Crippen LogP contribution in [0.4, 0.5) is 0 Å². The molecule has 102 valence electrons. The Morgan fingerprint density at radius 1 is 1.28 bits per heavy atom. The monoisotopic (exact) mass is 331 g/mol. The van der Waals surface area contributed by atoms with Crippen molar-refractivity contribution in [2.24, 2.45) is 11.3 Å². The summed E-state index contributed by atoms with van der Waals surface area (Å²) in [5.74, 6) is 0.651. The van der Waals surface area contributed by atoms with Crippen molar-refractivity contribution in [1.82, 2.24) is 5.32 Å². The predicted octanol–water partition coefficient (Wildman–Crippen LogP) is 5.44. The molecule has 3 heteroatoms. The molecule has 1 nitrogen and oxygen atoms in total. The van der Waals surface area contributed by atoms with Crippen LogP contribution in [0.3, 0.4) is 0 Å². The number of halogens is 2. The molecule has 0 aliphatic rings. The number of rotatable bonds is 5. The van der Waals surface area contributed by atoms with Gasteiger partial charge >= 0.3 is 0 Å². The SMILES string of the molecule is CC(NCC(C)(C)C(C)C)c1ccc(Br)cc1Cl. The maximum Gasteiger partial charge on any atom is 0.0464 e. The predicted molar refractivity (Wildman–Crippen MR) is 84.2 cm³/mol. The van der Waals surface area contributed by atoms with Gasteiger partial charge in [0.2, 0.25) is 0 Å². The van der Waals surface area contributed by atoms with E-state index < -0.39 is 0 Å². The Balaban J connectivity index is 2.69. The van der Waals surface area contributed by atoms with E-state index in [0.717, 1.165) is 21.6 Å². The van der Waals surface area contributed by atoms with Gasteiger partial charge in [0.15, 0.2) is 0 Å². The van der Waals surface area contributed by atoms with Crippen LogP contribution in [-0.2, 0) is 0 Å². The standard InChI is InChI=1S/C15H23BrClN/c1-10(2)15(4,5)9-18-11(3)13-7-6-12(16)8-14(13)17/h6-8,10-11,18H,9H2,1-5H3. The Bertz CT molecular complexity index is 401. The van der Waals surface area contributed by atoms with Crippen LogP contribution in [-0.4, -0.2) is 6.54 Å². The molecule has 1 atom stereocenters. The van der Waals surface area contributed by atoms with Gasteiger partial charge in [0.25, 0.3) is 0 Å².